The molecule has 98 valence electrons. The molecule has 0 saturated carbocycles. The van der Waals surface area contributed by atoms with Gasteiger partial charge in [0.25, 0.3) is 0 Å². The molecular formula is C16H16FNO. The number of nitrogens with one attached hydrogen (secondary N) is 1. The molecule has 2 atom stereocenters. The Balaban J connectivity index is 1.79. The highest BCUT2D eigenvalue weighted by Gasteiger charge is 2.25. The quantitative estimate of drug-likeness (QED) is 0.865. The van der Waals surface area contributed by atoms with E-state index in [1.165, 1.54) is 17.7 Å². The van der Waals surface area contributed by atoms with Crippen LogP contribution in [0.3, 0.4) is 0 Å². The zero-order valence-corrected chi connectivity index (χ0v) is 10.5. The van der Waals surface area contributed by atoms with Crippen LogP contribution in [-0.4, -0.2) is 11.1 Å². The van der Waals surface area contributed by atoms with Crippen LogP contribution in [0.2, 0.25) is 0 Å². The highest BCUT2D eigenvalue weighted by Crippen LogP contribution is 2.30. The van der Waals surface area contributed by atoms with Gasteiger partial charge in [0.05, 0.1) is 12.1 Å². The number of anilines is 1. The molecule has 3 heteroatoms. The molecule has 0 amide bonds. The van der Waals surface area contributed by atoms with Crippen LogP contribution < -0.4 is 5.32 Å². The molecular weight excluding hydrogens is 241 g/mol. The number of halogens is 1. The van der Waals surface area contributed by atoms with Crippen LogP contribution in [0, 0.1) is 5.82 Å². The minimum Gasteiger partial charge on any atom is -0.386 e. The summed E-state index contributed by atoms with van der Waals surface area (Å²) in [5.74, 6) is -0.280. The van der Waals surface area contributed by atoms with Crippen molar-refractivity contribution in [2.24, 2.45) is 0 Å². The highest BCUT2D eigenvalue weighted by atomic mass is 19.1. The van der Waals surface area contributed by atoms with Gasteiger partial charge in [-0.15, -0.1) is 0 Å². The second-order valence-corrected chi connectivity index (χ2v) is 4.94. The van der Waals surface area contributed by atoms with E-state index in [2.05, 4.69) is 11.4 Å². The second-order valence-electron chi connectivity index (χ2n) is 4.94. The Labute approximate surface area is 111 Å². The van der Waals surface area contributed by atoms with Gasteiger partial charge in [-0.25, -0.2) is 4.39 Å². The summed E-state index contributed by atoms with van der Waals surface area (Å²) < 4.78 is 12.9. The van der Waals surface area contributed by atoms with Crippen molar-refractivity contribution in [1.29, 1.82) is 0 Å². The number of aliphatic hydroxyl groups is 1. The predicted octanol–water partition coefficient (Wildman–Crippen LogP) is 3.29. The average molecular weight is 257 g/mol. The Morgan fingerprint density at radius 3 is 2.63 bits per heavy atom. The normalized spacial score (nSPS) is 19.4. The average Bonchev–Trinajstić information content (AvgIpc) is 2.47. The standard InChI is InChI=1S/C16H16FNO/c17-13-8-5-12(6-9-13)16(19)15-10-7-11-3-1-2-4-14(11)18-15/h1-6,8-9,15-16,18-19H,7,10H2. The van der Waals surface area contributed by atoms with Crippen molar-refractivity contribution in [3.8, 4) is 0 Å². The van der Waals surface area contributed by atoms with Gasteiger partial charge in [0.15, 0.2) is 0 Å². The molecule has 0 aliphatic carbocycles. The third-order valence-corrected chi connectivity index (χ3v) is 3.68. The fourth-order valence-corrected chi connectivity index (χ4v) is 2.59. The summed E-state index contributed by atoms with van der Waals surface area (Å²) in [6, 6.07) is 14.2. The Kier molecular flexibility index (Phi) is 3.22. The summed E-state index contributed by atoms with van der Waals surface area (Å²) >= 11 is 0. The van der Waals surface area contributed by atoms with Crippen molar-refractivity contribution in [2.75, 3.05) is 5.32 Å². The zero-order valence-electron chi connectivity index (χ0n) is 10.5. The summed E-state index contributed by atoms with van der Waals surface area (Å²) in [7, 11) is 0. The van der Waals surface area contributed by atoms with E-state index in [4.69, 9.17) is 0 Å². The maximum absolute atomic E-state index is 12.9. The van der Waals surface area contributed by atoms with Crippen LogP contribution >= 0.6 is 0 Å². The summed E-state index contributed by atoms with van der Waals surface area (Å²) in [5, 5.41) is 13.7. The monoisotopic (exact) mass is 257 g/mol. The Morgan fingerprint density at radius 2 is 1.84 bits per heavy atom. The second kappa shape index (κ2) is 5.02. The van der Waals surface area contributed by atoms with Gasteiger partial charge in [-0.2, -0.15) is 0 Å². The maximum atomic E-state index is 12.9. The van der Waals surface area contributed by atoms with E-state index in [1.54, 1.807) is 12.1 Å². The van der Waals surface area contributed by atoms with Crippen LogP contribution in [-0.2, 0) is 6.42 Å². The third-order valence-electron chi connectivity index (χ3n) is 3.68. The first-order chi connectivity index (χ1) is 9.24. The number of hydrogen-bond acceptors (Lipinski definition) is 2. The predicted molar refractivity (Wildman–Crippen MR) is 73.5 cm³/mol. The van der Waals surface area contributed by atoms with Gasteiger partial charge < -0.3 is 10.4 Å². The summed E-state index contributed by atoms with van der Waals surface area (Å²) in [5.41, 5.74) is 3.11. The topological polar surface area (TPSA) is 32.3 Å². The van der Waals surface area contributed by atoms with Gasteiger partial charge in [-0.1, -0.05) is 30.3 Å². The molecule has 3 rings (SSSR count). The molecule has 0 bridgehead atoms. The van der Waals surface area contributed by atoms with Crippen molar-refractivity contribution >= 4 is 5.69 Å². The summed E-state index contributed by atoms with van der Waals surface area (Å²) in [6.45, 7) is 0. The number of para-hydroxylation sites is 1. The number of rotatable bonds is 2. The Morgan fingerprint density at radius 1 is 1.11 bits per heavy atom. The first-order valence-corrected chi connectivity index (χ1v) is 6.52. The molecule has 1 aliphatic heterocycles. The lowest BCUT2D eigenvalue weighted by molar-refractivity contribution is 0.149. The largest absolute Gasteiger partial charge is 0.386 e. The van der Waals surface area contributed by atoms with Gasteiger partial charge in [0.2, 0.25) is 0 Å². The minimum atomic E-state index is -0.617. The summed E-state index contributed by atoms with van der Waals surface area (Å²) in [6.07, 6.45) is 1.20. The van der Waals surface area contributed by atoms with Gasteiger partial charge in [0, 0.05) is 5.69 Å². The molecule has 2 aromatic rings. The first kappa shape index (κ1) is 12.2. The van der Waals surface area contributed by atoms with E-state index in [1.807, 2.05) is 18.2 Å². The van der Waals surface area contributed by atoms with Crippen LogP contribution in [0.1, 0.15) is 23.7 Å². The van der Waals surface area contributed by atoms with Crippen LogP contribution in [0.25, 0.3) is 0 Å². The molecule has 1 aliphatic rings. The van der Waals surface area contributed by atoms with Gasteiger partial charge >= 0.3 is 0 Å². The number of hydrogen-bond donors (Lipinski definition) is 2. The van der Waals surface area contributed by atoms with Crippen molar-refractivity contribution in [3.63, 3.8) is 0 Å². The minimum absolute atomic E-state index is 0.0274. The van der Waals surface area contributed by atoms with Gasteiger partial charge in [-0.3, -0.25) is 0 Å². The van der Waals surface area contributed by atoms with E-state index >= 15 is 0 Å². The maximum Gasteiger partial charge on any atom is 0.123 e. The smallest absolute Gasteiger partial charge is 0.123 e. The van der Waals surface area contributed by atoms with E-state index in [-0.39, 0.29) is 11.9 Å². The lowest BCUT2D eigenvalue weighted by Gasteiger charge is -2.30. The summed E-state index contributed by atoms with van der Waals surface area (Å²) in [4.78, 5) is 0. The Hall–Kier alpha value is -1.87. The molecule has 0 saturated heterocycles. The fraction of sp³-hybridized carbons (Fsp3) is 0.250. The number of fused-ring (bicyclic) bond motifs is 1. The van der Waals surface area contributed by atoms with Crippen molar-refractivity contribution in [2.45, 2.75) is 25.0 Å². The van der Waals surface area contributed by atoms with Gasteiger partial charge in [0.1, 0.15) is 5.82 Å². The fourth-order valence-electron chi connectivity index (χ4n) is 2.59. The molecule has 2 N–H and O–H groups in total. The number of benzene rings is 2. The molecule has 0 aromatic heterocycles. The number of aryl methyl sites for hydroxylation is 1. The Bertz CT molecular complexity index is 567. The first-order valence-electron chi connectivity index (χ1n) is 6.52. The lowest BCUT2D eigenvalue weighted by Crippen LogP contribution is -2.31. The SMILES string of the molecule is OC(c1ccc(F)cc1)C1CCc2ccccc2N1. The molecule has 2 unspecified atom stereocenters. The molecule has 0 radical (unpaired) electrons. The number of aliphatic hydroxyl groups excluding tert-OH is 1. The molecule has 19 heavy (non-hydrogen) atoms. The molecule has 1 heterocycles. The lowest BCUT2D eigenvalue weighted by atomic mass is 9.92. The third kappa shape index (κ3) is 2.47. The highest BCUT2D eigenvalue weighted by molar-refractivity contribution is 5.54. The van der Waals surface area contributed by atoms with Crippen molar-refractivity contribution in [1.82, 2.24) is 0 Å². The van der Waals surface area contributed by atoms with E-state index in [0.29, 0.717) is 0 Å². The molecule has 0 fully saturated rings. The van der Waals surface area contributed by atoms with Crippen LogP contribution in [0.15, 0.2) is 48.5 Å². The van der Waals surface area contributed by atoms with Crippen molar-refractivity contribution in [3.05, 3.63) is 65.5 Å². The van der Waals surface area contributed by atoms with E-state index in [9.17, 15) is 9.50 Å². The zero-order chi connectivity index (χ0) is 13.2. The molecule has 0 spiro atoms. The van der Waals surface area contributed by atoms with E-state index in [0.717, 1.165) is 24.1 Å². The molecule has 2 aromatic carbocycles. The van der Waals surface area contributed by atoms with Crippen LogP contribution in [0.5, 0.6) is 0 Å². The van der Waals surface area contributed by atoms with Crippen molar-refractivity contribution < 1.29 is 9.50 Å². The van der Waals surface area contributed by atoms with Crippen LogP contribution in [0.4, 0.5) is 10.1 Å². The van der Waals surface area contributed by atoms with Gasteiger partial charge in [-0.05, 0) is 42.2 Å². The molecule has 2 nitrogen and oxygen atoms in total. The van der Waals surface area contributed by atoms with E-state index < -0.39 is 6.10 Å².